The van der Waals surface area contributed by atoms with Gasteiger partial charge in [-0.05, 0) is 49.2 Å². The van der Waals surface area contributed by atoms with E-state index in [0.29, 0.717) is 6.42 Å². The Balaban J connectivity index is 1.61. The molecule has 0 amide bonds. The lowest BCUT2D eigenvalue weighted by Crippen LogP contribution is -2.66. The van der Waals surface area contributed by atoms with Crippen molar-refractivity contribution in [3.05, 3.63) is 23.8 Å². The molecule has 0 radical (unpaired) electrons. The minimum atomic E-state index is -0.971. The second-order valence-electron chi connectivity index (χ2n) is 9.29. The first kappa shape index (κ1) is 18.0. The van der Waals surface area contributed by atoms with E-state index in [1.165, 1.54) is 0 Å². The van der Waals surface area contributed by atoms with Gasteiger partial charge in [0.25, 0.3) is 0 Å². The van der Waals surface area contributed by atoms with Crippen molar-refractivity contribution in [3.8, 4) is 0 Å². The number of halogens is 1. The molecule has 2 unspecified atom stereocenters. The van der Waals surface area contributed by atoms with Crippen molar-refractivity contribution < 1.29 is 24.5 Å². The van der Waals surface area contributed by atoms with Gasteiger partial charge in [-0.3, -0.25) is 9.59 Å². The Morgan fingerprint density at radius 1 is 1.41 bits per heavy atom. The number of allylic oxidation sites excluding steroid dienone is 4. The summed E-state index contributed by atoms with van der Waals surface area (Å²) in [6, 6.07) is 0. The zero-order valence-electron chi connectivity index (χ0n) is 15.6. The number of Topliss-reactive ketones (excluding diaryl/α,β-unsaturated/α-hetero) is 1. The smallest absolute Gasteiger partial charge is 0.193 e. The Labute approximate surface area is 163 Å². The summed E-state index contributed by atoms with van der Waals surface area (Å²) in [4.78, 5) is 23.5. The Hall–Kier alpha value is -1.01. The molecule has 27 heavy (non-hydrogen) atoms. The molecule has 1 aliphatic heterocycles. The lowest BCUT2D eigenvalue weighted by molar-refractivity contribution is -0.128. The summed E-state index contributed by atoms with van der Waals surface area (Å²) in [6.07, 6.45) is 6.82. The third-order valence-electron chi connectivity index (χ3n) is 8.48. The molecule has 0 bridgehead atoms. The van der Waals surface area contributed by atoms with Crippen molar-refractivity contribution in [2.75, 3.05) is 6.61 Å². The number of aliphatic hydroxyl groups excluding tert-OH is 2. The average molecular weight is 393 g/mol. The lowest BCUT2D eigenvalue weighted by Gasteiger charge is -2.60. The third kappa shape index (κ3) is 1.75. The topological polar surface area (TPSA) is 87.1 Å². The number of epoxide rings is 1. The van der Waals surface area contributed by atoms with Gasteiger partial charge in [-0.25, -0.2) is 0 Å². The minimum absolute atomic E-state index is 0.0124. The number of alkyl halides is 1. The van der Waals surface area contributed by atoms with Gasteiger partial charge in [-0.15, -0.1) is 11.6 Å². The van der Waals surface area contributed by atoms with Crippen molar-refractivity contribution >= 4 is 23.2 Å². The highest BCUT2D eigenvalue weighted by Gasteiger charge is 2.87. The number of aliphatic hydroxyl groups is 2. The van der Waals surface area contributed by atoms with Crippen LogP contribution in [0, 0.1) is 23.2 Å². The highest BCUT2D eigenvalue weighted by molar-refractivity contribution is 6.26. The maximum atomic E-state index is 12.6. The molecule has 0 aromatic heterocycles. The number of ether oxygens (including phenoxy) is 1. The number of rotatable bonds is 2. The quantitative estimate of drug-likeness (QED) is 0.554. The largest absolute Gasteiger partial charge is 0.391 e. The predicted molar refractivity (Wildman–Crippen MR) is 98.2 cm³/mol. The van der Waals surface area contributed by atoms with E-state index in [2.05, 4.69) is 0 Å². The molecule has 8 atom stereocenters. The normalized spacial score (nSPS) is 55.1. The summed E-state index contributed by atoms with van der Waals surface area (Å²) in [5, 5.41) is 20.8. The molecule has 2 N–H and O–H groups in total. The maximum absolute atomic E-state index is 12.6. The zero-order valence-corrected chi connectivity index (χ0v) is 16.3. The van der Waals surface area contributed by atoms with Crippen LogP contribution in [0.1, 0.15) is 39.5 Å². The van der Waals surface area contributed by atoms with Crippen molar-refractivity contribution in [3.63, 3.8) is 0 Å². The van der Waals surface area contributed by atoms with E-state index in [1.54, 1.807) is 12.2 Å². The van der Waals surface area contributed by atoms with Crippen LogP contribution in [0.3, 0.4) is 0 Å². The Kier molecular flexibility index (Phi) is 3.42. The van der Waals surface area contributed by atoms with Gasteiger partial charge in [0, 0.05) is 11.8 Å². The van der Waals surface area contributed by atoms with Crippen LogP contribution >= 0.6 is 11.6 Å². The molecule has 4 fully saturated rings. The van der Waals surface area contributed by atoms with Gasteiger partial charge in [0.2, 0.25) is 0 Å². The van der Waals surface area contributed by atoms with Crippen LogP contribution in [0.2, 0.25) is 0 Å². The van der Waals surface area contributed by atoms with Gasteiger partial charge in [-0.1, -0.05) is 25.5 Å². The summed E-state index contributed by atoms with van der Waals surface area (Å²) in [5.41, 5.74) is -1.30. The van der Waals surface area contributed by atoms with Gasteiger partial charge >= 0.3 is 0 Å². The predicted octanol–water partition coefficient (Wildman–Crippen LogP) is 1.94. The highest BCUT2D eigenvalue weighted by atomic mass is 35.5. The number of hydrogen-bond acceptors (Lipinski definition) is 5. The summed E-state index contributed by atoms with van der Waals surface area (Å²) in [7, 11) is 0. The molecule has 5 rings (SSSR count). The number of carbonyl (C=O) groups excluding carboxylic acids is 2. The standard InChI is InChI=1S/C21H25ClO5/c1-11-7-15-14-4-3-12-8-13(24)5-6-18(12,2)20(14,22)16(25)9-19(15)21(11,27-19)17(26)10-23/h5-6,8,11,14-16,23,25H,3-4,7,9-10H2,1-2H3/t11?,14-,15-,16?,18-,19+,20-,21-/m0/s1. The number of fused-ring (bicyclic) bond motifs is 4. The third-order valence-corrected chi connectivity index (χ3v) is 9.41. The van der Waals surface area contributed by atoms with Crippen LogP contribution in [-0.2, 0) is 14.3 Å². The second kappa shape index (κ2) is 5.12. The monoisotopic (exact) mass is 392 g/mol. The molecule has 0 aromatic rings. The fourth-order valence-corrected chi connectivity index (χ4v) is 7.77. The van der Waals surface area contributed by atoms with Crippen LogP contribution in [0.4, 0.5) is 0 Å². The van der Waals surface area contributed by atoms with E-state index in [-0.39, 0.29) is 29.3 Å². The number of carbonyl (C=O) groups is 2. The molecule has 146 valence electrons. The summed E-state index contributed by atoms with van der Waals surface area (Å²) in [6.45, 7) is 3.47. The molecule has 1 saturated heterocycles. The maximum Gasteiger partial charge on any atom is 0.193 e. The minimum Gasteiger partial charge on any atom is -0.391 e. The zero-order chi connectivity index (χ0) is 19.4. The molecule has 6 heteroatoms. The van der Waals surface area contributed by atoms with E-state index in [0.717, 1.165) is 24.8 Å². The Morgan fingerprint density at radius 2 is 2.15 bits per heavy atom. The lowest BCUT2D eigenvalue weighted by atomic mass is 9.49. The van der Waals surface area contributed by atoms with E-state index in [9.17, 15) is 19.8 Å². The second-order valence-corrected chi connectivity index (χ2v) is 9.92. The van der Waals surface area contributed by atoms with Crippen molar-refractivity contribution in [2.24, 2.45) is 23.2 Å². The van der Waals surface area contributed by atoms with Crippen molar-refractivity contribution in [2.45, 2.75) is 61.7 Å². The van der Waals surface area contributed by atoms with E-state index >= 15 is 0 Å². The van der Waals surface area contributed by atoms with Crippen LogP contribution in [0.15, 0.2) is 23.8 Å². The number of ketones is 2. The van der Waals surface area contributed by atoms with Crippen LogP contribution < -0.4 is 0 Å². The van der Waals surface area contributed by atoms with Crippen molar-refractivity contribution in [1.82, 2.24) is 0 Å². The molecule has 1 spiro atoms. The molecule has 1 heterocycles. The van der Waals surface area contributed by atoms with E-state index in [1.807, 2.05) is 19.9 Å². The molecule has 0 aromatic carbocycles. The van der Waals surface area contributed by atoms with E-state index in [4.69, 9.17) is 16.3 Å². The van der Waals surface area contributed by atoms with Gasteiger partial charge in [-0.2, -0.15) is 0 Å². The van der Waals surface area contributed by atoms with Gasteiger partial charge in [0.15, 0.2) is 17.2 Å². The first-order valence-electron chi connectivity index (χ1n) is 9.83. The van der Waals surface area contributed by atoms with Gasteiger partial charge < -0.3 is 14.9 Å². The fraction of sp³-hybridized carbons (Fsp3) is 0.714. The fourth-order valence-electron chi connectivity index (χ4n) is 7.25. The van der Waals surface area contributed by atoms with E-state index < -0.39 is 34.2 Å². The molecular weight excluding hydrogens is 368 g/mol. The molecule has 4 aliphatic carbocycles. The summed E-state index contributed by atoms with van der Waals surface area (Å²) in [5.74, 6) is -0.288. The Morgan fingerprint density at radius 3 is 2.85 bits per heavy atom. The average Bonchev–Trinajstić information content (AvgIpc) is 3.24. The summed E-state index contributed by atoms with van der Waals surface area (Å²) < 4.78 is 6.13. The molecular formula is C21H25ClO5. The van der Waals surface area contributed by atoms with Gasteiger partial charge in [0.05, 0.1) is 11.0 Å². The molecule has 5 aliphatic rings. The van der Waals surface area contributed by atoms with Crippen LogP contribution in [-0.4, -0.2) is 50.6 Å². The number of hydrogen-bond donors (Lipinski definition) is 2. The van der Waals surface area contributed by atoms with Crippen LogP contribution in [0.25, 0.3) is 0 Å². The Bertz CT molecular complexity index is 819. The SMILES string of the molecule is CC1C[C@H]2[C@@H]3CCC4=CC(=O)C=C[C@]4(C)[C@@]3(Cl)C(O)C[C@@]23O[C@]13C(=O)CO. The van der Waals surface area contributed by atoms with Crippen molar-refractivity contribution in [1.29, 1.82) is 0 Å². The first-order chi connectivity index (χ1) is 12.7. The molecule has 3 saturated carbocycles. The van der Waals surface area contributed by atoms with Crippen LogP contribution in [0.5, 0.6) is 0 Å². The molecule has 5 nitrogen and oxygen atoms in total. The van der Waals surface area contributed by atoms with Gasteiger partial charge in [0.1, 0.15) is 12.2 Å². The highest BCUT2D eigenvalue weighted by Crippen LogP contribution is 2.76. The summed E-state index contributed by atoms with van der Waals surface area (Å²) >= 11 is 7.30. The first-order valence-corrected chi connectivity index (χ1v) is 10.2.